The van der Waals surface area contributed by atoms with Gasteiger partial charge in [0.2, 0.25) is 0 Å². The number of fused-ring (bicyclic) bond motifs is 1. The van der Waals surface area contributed by atoms with E-state index in [0.29, 0.717) is 5.02 Å². The monoisotopic (exact) mass is 226 g/mol. The number of benzene rings is 1. The van der Waals surface area contributed by atoms with Crippen LogP contribution in [0.3, 0.4) is 0 Å². The molecule has 0 atom stereocenters. The largest absolute Gasteiger partial charge is 0.506 e. The third-order valence-electron chi connectivity index (χ3n) is 2.85. The van der Waals surface area contributed by atoms with Gasteiger partial charge >= 0.3 is 0 Å². The average molecular weight is 227 g/mol. The Hall–Kier alpha value is -0.890. The summed E-state index contributed by atoms with van der Waals surface area (Å²) in [5.41, 5.74) is 1.55. The van der Waals surface area contributed by atoms with Gasteiger partial charge in [-0.3, -0.25) is 0 Å². The first-order valence-electron chi connectivity index (χ1n) is 5.11. The predicted octanol–water partition coefficient (Wildman–Crippen LogP) is 3.46. The summed E-state index contributed by atoms with van der Waals surface area (Å²) in [6, 6.07) is 1.86. The van der Waals surface area contributed by atoms with Gasteiger partial charge in [-0.05, 0) is 45.2 Å². The summed E-state index contributed by atoms with van der Waals surface area (Å²) in [5.74, 6) is 0.991. The fourth-order valence-electron chi connectivity index (χ4n) is 1.88. The van der Waals surface area contributed by atoms with Crippen molar-refractivity contribution in [2.75, 3.05) is 0 Å². The maximum Gasteiger partial charge on any atom is 0.137 e. The standard InChI is InChI=1S/C12H15ClO2/c1-7-6-9-8(10(13)11(7)14)4-5-12(2,3)15-9/h6,14H,4-5H2,1-3H3. The van der Waals surface area contributed by atoms with Crippen LogP contribution in [-0.4, -0.2) is 10.7 Å². The van der Waals surface area contributed by atoms with Crippen LogP contribution in [0.15, 0.2) is 6.07 Å². The highest BCUT2D eigenvalue weighted by atomic mass is 35.5. The number of ether oxygens (including phenoxy) is 1. The molecule has 1 heterocycles. The topological polar surface area (TPSA) is 29.5 Å². The van der Waals surface area contributed by atoms with E-state index in [-0.39, 0.29) is 11.4 Å². The van der Waals surface area contributed by atoms with Crippen LogP contribution in [-0.2, 0) is 6.42 Å². The summed E-state index contributed by atoms with van der Waals surface area (Å²) in [6.07, 6.45) is 1.78. The fraction of sp³-hybridized carbons (Fsp3) is 0.500. The second-order valence-electron chi connectivity index (χ2n) is 4.69. The highest BCUT2D eigenvalue weighted by Gasteiger charge is 2.29. The van der Waals surface area contributed by atoms with Crippen LogP contribution < -0.4 is 4.74 Å². The van der Waals surface area contributed by atoms with Gasteiger partial charge in [0, 0.05) is 5.56 Å². The Labute approximate surface area is 94.8 Å². The maximum absolute atomic E-state index is 9.70. The highest BCUT2D eigenvalue weighted by molar-refractivity contribution is 6.33. The summed E-state index contributed by atoms with van der Waals surface area (Å²) in [5, 5.41) is 10.1. The Morgan fingerprint density at radius 2 is 2.13 bits per heavy atom. The lowest BCUT2D eigenvalue weighted by Gasteiger charge is -2.33. The predicted molar refractivity (Wildman–Crippen MR) is 60.9 cm³/mol. The molecule has 0 bridgehead atoms. The van der Waals surface area contributed by atoms with Crippen LogP contribution in [0.1, 0.15) is 31.4 Å². The molecule has 82 valence electrons. The molecule has 2 rings (SSSR count). The molecule has 0 radical (unpaired) electrons. The number of phenols is 1. The third kappa shape index (κ3) is 1.78. The number of hydrogen-bond donors (Lipinski definition) is 1. The summed E-state index contributed by atoms with van der Waals surface area (Å²) >= 11 is 6.08. The minimum absolute atomic E-state index is 0.139. The van der Waals surface area contributed by atoms with E-state index in [4.69, 9.17) is 16.3 Å². The van der Waals surface area contributed by atoms with Gasteiger partial charge in [0.15, 0.2) is 0 Å². The smallest absolute Gasteiger partial charge is 0.137 e. The lowest BCUT2D eigenvalue weighted by molar-refractivity contribution is 0.0845. The second kappa shape index (κ2) is 3.31. The molecule has 0 saturated carbocycles. The molecular weight excluding hydrogens is 212 g/mol. The van der Waals surface area contributed by atoms with E-state index in [9.17, 15) is 5.11 Å². The van der Waals surface area contributed by atoms with Gasteiger partial charge < -0.3 is 9.84 Å². The normalized spacial score (nSPS) is 18.1. The van der Waals surface area contributed by atoms with Gasteiger partial charge in [0.1, 0.15) is 17.1 Å². The van der Waals surface area contributed by atoms with Crippen LogP contribution >= 0.6 is 11.6 Å². The van der Waals surface area contributed by atoms with Crippen LogP contribution in [0.4, 0.5) is 0 Å². The van der Waals surface area contributed by atoms with Crippen molar-refractivity contribution in [2.24, 2.45) is 0 Å². The summed E-state index contributed by atoms with van der Waals surface area (Å²) in [6.45, 7) is 5.95. The molecule has 1 aliphatic heterocycles. The van der Waals surface area contributed by atoms with E-state index in [2.05, 4.69) is 13.8 Å². The SMILES string of the molecule is Cc1cc2c(c(Cl)c1O)CCC(C)(C)O2. The first-order chi connectivity index (χ1) is 6.91. The zero-order valence-corrected chi connectivity index (χ0v) is 9.98. The van der Waals surface area contributed by atoms with E-state index in [1.165, 1.54) is 0 Å². The van der Waals surface area contributed by atoms with Crippen LogP contribution in [0, 0.1) is 6.92 Å². The summed E-state index contributed by atoms with van der Waals surface area (Å²) in [4.78, 5) is 0. The number of rotatable bonds is 0. The Morgan fingerprint density at radius 1 is 1.47 bits per heavy atom. The lowest BCUT2D eigenvalue weighted by atomic mass is 9.93. The molecule has 0 amide bonds. The molecule has 0 aliphatic carbocycles. The van der Waals surface area contributed by atoms with Crippen molar-refractivity contribution < 1.29 is 9.84 Å². The summed E-state index contributed by atoms with van der Waals surface area (Å²) in [7, 11) is 0. The number of halogens is 1. The second-order valence-corrected chi connectivity index (χ2v) is 5.07. The molecule has 0 spiro atoms. The van der Waals surface area contributed by atoms with E-state index in [0.717, 1.165) is 29.7 Å². The molecular formula is C12H15ClO2. The minimum Gasteiger partial charge on any atom is -0.506 e. The van der Waals surface area contributed by atoms with E-state index < -0.39 is 0 Å². The van der Waals surface area contributed by atoms with Gasteiger partial charge in [-0.25, -0.2) is 0 Å². The number of aromatic hydroxyl groups is 1. The van der Waals surface area contributed by atoms with Gasteiger partial charge in [0.25, 0.3) is 0 Å². The maximum atomic E-state index is 9.70. The summed E-state index contributed by atoms with van der Waals surface area (Å²) < 4.78 is 5.84. The number of phenolic OH excluding ortho intramolecular Hbond substituents is 1. The van der Waals surface area contributed by atoms with Crippen molar-refractivity contribution in [1.82, 2.24) is 0 Å². The Balaban J connectivity index is 2.54. The van der Waals surface area contributed by atoms with Gasteiger partial charge in [0.05, 0.1) is 5.02 Å². The lowest BCUT2D eigenvalue weighted by Crippen LogP contribution is -2.32. The van der Waals surface area contributed by atoms with E-state index in [1.807, 2.05) is 13.0 Å². The molecule has 1 aliphatic rings. The fourth-order valence-corrected chi connectivity index (χ4v) is 2.21. The van der Waals surface area contributed by atoms with Crippen molar-refractivity contribution in [3.05, 3.63) is 22.2 Å². The first-order valence-corrected chi connectivity index (χ1v) is 5.48. The van der Waals surface area contributed by atoms with Crippen LogP contribution in [0.5, 0.6) is 11.5 Å². The van der Waals surface area contributed by atoms with Crippen molar-refractivity contribution >= 4 is 11.6 Å². The van der Waals surface area contributed by atoms with Crippen LogP contribution in [0.25, 0.3) is 0 Å². The van der Waals surface area contributed by atoms with Crippen molar-refractivity contribution in [1.29, 1.82) is 0 Å². The van der Waals surface area contributed by atoms with Crippen molar-refractivity contribution in [3.8, 4) is 11.5 Å². The zero-order valence-electron chi connectivity index (χ0n) is 9.22. The highest BCUT2D eigenvalue weighted by Crippen LogP contribution is 2.42. The molecule has 0 fully saturated rings. The van der Waals surface area contributed by atoms with Crippen molar-refractivity contribution in [2.45, 2.75) is 39.2 Å². The molecule has 0 unspecified atom stereocenters. The van der Waals surface area contributed by atoms with Crippen molar-refractivity contribution in [3.63, 3.8) is 0 Å². The Kier molecular flexibility index (Phi) is 2.34. The zero-order chi connectivity index (χ0) is 11.2. The molecule has 0 aromatic heterocycles. The average Bonchev–Trinajstić information content (AvgIpc) is 2.12. The minimum atomic E-state index is -0.139. The molecule has 2 nitrogen and oxygen atoms in total. The quantitative estimate of drug-likeness (QED) is 0.734. The number of hydrogen-bond acceptors (Lipinski definition) is 2. The molecule has 15 heavy (non-hydrogen) atoms. The molecule has 0 saturated heterocycles. The van der Waals surface area contributed by atoms with Gasteiger partial charge in [-0.2, -0.15) is 0 Å². The Bertz CT molecular complexity index is 411. The molecule has 1 N–H and O–H groups in total. The van der Waals surface area contributed by atoms with Crippen LogP contribution in [0.2, 0.25) is 5.02 Å². The van der Waals surface area contributed by atoms with E-state index >= 15 is 0 Å². The molecule has 1 aromatic rings. The van der Waals surface area contributed by atoms with E-state index in [1.54, 1.807) is 0 Å². The molecule has 1 aromatic carbocycles. The van der Waals surface area contributed by atoms with Gasteiger partial charge in [-0.1, -0.05) is 11.6 Å². The molecule has 3 heteroatoms. The Morgan fingerprint density at radius 3 is 2.80 bits per heavy atom. The number of aryl methyl sites for hydroxylation is 1. The first kappa shape index (κ1) is 10.6. The third-order valence-corrected chi connectivity index (χ3v) is 3.26. The van der Waals surface area contributed by atoms with Gasteiger partial charge in [-0.15, -0.1) is 0 Å².